The van der Waals surface area contributed by atoms with Crippen molar-refractivity contribution in [2.45, 2.75) is 11.1 Å². The summed E-state index contributed by atoms with van der Waals surface area (Å²) < 4.78 is 0. The normalized spacial score (nSPS) is 11.3. The van der Waals surface area contributed by atoms with Crippen molar-refractivity contribution in [1.82, 2.24) is 0 Å². The van der Waals surface area contributed by atoms with Gasteiger partial charge in [0.2, 0.25) is 0 Å². The van der Waals surface area contributed by atoms with E-state index < -0.39 is 7.26 Å². The summed E-state index contributed by atoms with van der Waals surface area (Å²) in [4.78, 5) is 1.01. The molecule has 0 spiro atoms. The van der Waals surface area contributed by atoms with E-state index in [1.165, 1.54) is 21.5 Å². The number of benzene rings is 4. The van der Waals surface area contributed by atoms with E-state index in [2.05, 4.69) is 128 Å². The zero-order valence-corrected chi connectivity index (χ0v) is 16.9. The number of hydrogen-bond donors (Lipinski definition) is 1. The summed E-state index contributed by atoms with van der Waals surface area (Å²) >= 11 is 4.65. The van der Waals surface area contributed by atoms with Crippen molar-refractivity contribution in [2.75, 3.05) is 0 Å². The maximum atomic E-state index is 4.65. The third-order valence-electron chi connectivity index (χ3n) is 4.93. The van der Waals surface area contributed by atoms with E-state index in [0.717, 1.165) is 11.1 Å². The summed E-state index contributed by atoms with van der Waals surface area (Å²) in [5.41, 5.74) is 1.36. The molecule has 0 heterocycles. The molecule has 0 unspecified atom stereocenters. The highest BCUT2D eigenvalue weighted by Crippen LogP contribution is 2.58. The van der Waals surface area contributed by atoms with E-state index in [-0.39, 0.29) is 0 Å². The summed E-state index contributed by atoms with van der Waals surface area (Å²) in [5.74, 6) is 0. The van der Waals surface area contributed by atoms with Gasteiger partial charge in [0.15, 0.2) is 0 Å². The Kier molecular flexibility index (Phi) is 5.43. The maximum absolute atomic E-state index is 4.65. The van der Waals surface area contributed by atoms with E-state index >= 15 is 0 Å². The lowest BCUT2D eigenvalue weighted by atomic mass is 10.2. The Morgan fingerprint density at radius 2 is 1.00 bits per heavy atom. The second-order valence-electron chi connectivity index (χ2n) is 6.64. The van der Waals surface area contributed by atoms with Gasteiger partial charge in [0.05, 0.1) is 6.16 Å². The molecule has 0 atom stereocenters. The van der Waals surface area contributed by atoms with Crippen LogP contribution >= 0.6 is 19.9 Å². The summed E-state index contributed by atoms with van der Waals surface area (Å²) in [6.45, 7) is 0. The molecule has 0 bridgehead atoms. The SMILES string of the molecule is Sc1cccc([P+](Cc2ccccc2)(c2ccccc2)c2ccccc2)c1. The molecule has 0 radical (unpaired) electrons. The van der Waals surface area contributed by atoms with Crippen LogP contribution in [0.4, 0.5) is 0 Å². The third kappa shape index (κ3) is 3.72. The topological polar surface area (TPSA) is 0 Å². The minimum atomic E-state index is -1.85. The van der Waals surface area contributed by atoms with E-state index in [1.54, 1.807) is 0 Å². The lowest BCUT2D eigenvalue weighted by molar-refractivity contribution is 1.39. The molecule has 4 aromatic rings. The van der Waals surface area contributed by atoms with Crippen molar-refractivity contribution in [2.24, 2.45) is 0 Å². The summed E-state index contributed by atoms with van der Waals surface area (Å²) in [7, 11) is -1.85. The number of hydrogen-bond acceptors (Lipinski definition) is 1. The van der Waals surface area contributed by atoms with E-state index in [1.807, 2.05) is 0 Å². The molecule has 2 heteroatoms. The van der Waals surface area contributed by atoms with Crippen molar-refractivity contribution in [3.05, 3.63) is 121 Å². The lowest BCUT2D eigenvalue weighted by Gasteiger charge is -2.28. The van der Waals surface area contributed by atoms with Crippen molar-refractivity contribution in [1.29, 1.82) is 0 Å². The molecule has 0 saturated carbocycles. The van der Waals surface area contributed by atoms with Crippen LogP contribution < -0.4 is 15.9 Å². The largest absolute Gasteiger partial charge is 0.143 e. The van der Waals surface area contributed by atoms with Crippen LogP contribution in [0.5, 0.6) is 0 Å². The average molecular weight is 385 g/mol. The third-order valence-corrected chi connectivity index (χ3v) is 9.56. The smallest absolute Gasteiger partial charge is 0.116 e. The first kappa shape index (κ1) is 18.0. The highest BCUT2D eigenvalue weighted by atomic mass is 32.1. The Morgan fingerprint density at radius 1 is 0.519 bits per heavy atom. The Labute approximate surface area is 167 Å². The van der Waals surface area contributed by atoms with Gasteiger partial charge in [-0.1, -0.05) is 72.8 Å². The van der Waals surface area contributed by atoms with Crippen molar-refractivity contribution >= 4 is 35.8 Å². The van der Waals surface area contributed by atoms with Crippen LogP contribution in [0, 0.1) is 0 Å². The van der Waals surface area contributed by atoms with Gasteiger partial charge in [-0.2, -0.15) is 0 Å². The predicted molar refractivity (Wildman–Crippen MR) is 123 cm³/mol. The molecule has 4 rings (SSSR count). The summed E-state index contributed by atoms with van der Waals surface area (Å²) in [6.07, 6.45) is 0.999. The first-order valence-corrected chi connectivity index (χ1v) is 11.5. The predicted octanol–water partition coefficient (Wildman–Crippen LogP) is 5.47. The van der Waals surface area contributed by atoms with Crippen LogP contribution in [0.2, 0.25) is 0 Å². The molecule has 132 valence electrons. The maximum Gasteiger partial charge on any atom is 0.116 e. The molecule has 0 aliphatic rings. The fourth-order valence-electron chi connectivity index (χ4n) is 3.67. The van der Waals surface area contributed by atoms with Crippen molar-refractivity contribution < 1.29 is 0 Å². The fraction of sp³-hybridized carbons (Fsp3) is 0.0400. The Bertz CT molecular complexity index is 958. The Morgan fingerprint density at radius 3 is 1.52 bits per heavy atom. The van der Waals surface area contributed by atoms with Gasteiger partial charge in [0, 0.05) is 4.90 Å². The highest BCUT2D eigenvalue weighted by Gasteiger charge is 2.45. The first-order chi connectivity index (χ1) is 13.3. The Balaban J connectivity index is 2.02. The molecule has 0 nitrogen and oxygen atoms in total. The Hall–Kier alpha value is -2.34. The van der Waals surface area contributed by atoms with Crippen LogP contribution in [0.25, 0.3) is 0 Å². The monoisotopic (exact) mass is 385 g/mol. The molecule has 0 saturated heterocycles. The van der Waals surface area contributed by atoms with Gasteiger partial charge in [-0.3, -0.25) is 0 Å². The van der Waals surface area contributed by atoms with E-state index in [9.17, 15) is 0 Å². The van der Waals surface area contributed by atoms with Gasteiger partial charge in [-0.05, 0) is 48.0 Å². The zero-order chi connectivity index (χ0) is 18.5. The van der Waals surface area contributed by atoms with Gasteiger partial charge >= 0.3 is 0 Å². The lowest BCUT2D eigenvalue weighted by Crippen LogP contribution is -2.32. The van der Waals surface area contributed by atoms with Crippen LogP contribution in [0.15, 0.2) is 120 Å². The molecular formula is C25H22PS+. The average Bonchev–Trinajstić information content (AvgIpc) is 2.74. The van der Waals surface area contributed by atoms with Crippen LogP contribution in [0.1, 0.15) is 5.56 Å². The van der Waals surface area contributed by atoms with Crippen LogP contribution in [-0.4, -0.2) is 0 Å². The van der Waals surface area contributed by atoms with E-state index in [4.69, 9.17) is 0 Å². The molecule has 4 aromatic carbocycles. The van der Waals surface area contributed by atoms with Crippen LogP contribution in [0.3, 0.4) is 0 Å². The molecule has 0 N–H and O–H groups in total. The fourth-order valence-corrected chi connectivity index (χ4v) is 8.26. The van der Waals surface area contributed by atoms with Gasteiger partial charge in [-0.15, -0.1) is 12.6 Å². The van der Waals surface area contributed by atoms with Gasteiger partial charge in [0.25, 0.3) is 0 Å². The molecule has 0 fully saturated rings. The van der Waals surface area contributed by atoms with Gasteiger partial charge in [0.1, 0.15) is 23.2 Å². The molecule has 0 aromatic heterocycles. The molecule has 0 amide bonds. The summed E-state index contributed by atoms with van der Waals surface area (Å²) in [5, 5.41) is 4.18. The highest BCUT2D eigenvalue weighted by molar-refractivity contribution is 7.95. The van der Waals surface area contributed by atoms with Crippen molar-refractivity contribution in [3.63, 3.8) is 0 Å². The zero-order valence-electron chi connectivity index (χ0n) is 15.1. The molecular weight excluding hydrogens is 363 g/mol. The van der Waals surface area contributed by atoms with Gasteiger partial charge < -0.3 is 0 Å². The quantitative estimate of drug-likeness (QED) is 0.342. The molecule has 0 aliphatic carbocycles. The minimum Gasteiger partial charge on any atom is -0.143 e. The second kappa shape index (κ2) is 8.13. The number of thiol groups is 1. The summed E-state index contributed by atoms with van der Waals surface area (Å²) in [6, 6.07) is 41.5. The van der Waals surface area contributed by atoms with Crippen LogP contribution in [-0.2, 0) is 6.16 Å². The molecule has 0 aliphatic heterocycles. The first-order valence-electron chi connectivity index (χ1n) is 9.12. The molecule has 27 heavy (non-hydrogen) atoms. The van der Waals surface area contributed by atoms with Crippen molar-refractivity contribution in [3.8, 4) is 0 Å². The standard InChI is InChI=1S/C25H21PS/c27-25-18-10-17-24(19-25)26(22-13-6-2-7-14-22,23-15-8-3-9-16-23)20-21-11-4-1-5-12-21/h1-19H,20H2/p+1. The second-order valence-corrected chi connectivity index (χ2v) is 10.6. The van der Waals surface area contributed by atoms with E-state index in [0.29, 0.717) is 0 Å². The number of rotatable bonds is 5. The minimum absolute atomic E-state index is 0.999. The van der Waals surface area contributed by atoms with Gasteiger partial charge in [-0.25, -0.2) is 0 Å².